The second-order valence-corrected chi connectivity index (χ2v) is 11.2. The van der Waals surface area contributed by atoms with Gasteiger partial charge in [-0.3, -0.25) is 4.79 Å². The number of carbonyl (C=O) groups is 2. The summed E-state index contributed by atoms with van der Waals surface area (Å²) in [6, 6.07) is 13.2. The van der Waals surface area contributed by atoms with E-state index in [4.69, 9.17) is 14.5 Å². The van der Waals surface area contributed by atoms with E-state index in [1.165, 1.54) is 12.1 Å². The number of likely N-dealkylation sites (tertiary alicyclic amines) is 1. The summed E-state index contributed by atoms with van der Waals surface area (Å²) in [4.78, 5) is 38.1. The van der Waals surface area contributed by atoms with E-state index in [-0.39, 0.29) is 35.2 Å². The summed E-state index contributed by atoms with van der Waals surface area (Å²) in [6.07, 6.45) is 3.11. The molecule has 2 saturated heterocycles. The van der Waals surface area contributed by atoms with Gasteiger partial charge >= 0.3 is 6.03 Å². The Hall–Kier alpha value is -4.92. The summed E-state index contributed by atoms with van der Waals surface area (Å²) in [5.41, 5.74) is 2.47. The highest BCUT2D eigenvalue weighted by atomic mass is 19.1. The number of ether oxygens (including phenoxy) is 2. The quantitative estimate of drug-likeness (QED) is 0.382. The van der Waals surface area contributed by atoms with Gasteiger partial charge in [-0.2, -0.15) is 5.26 Å². The lowest BCUT2D eigenvalue weighted by atomic mass is 9.61. The molecule has 12 heteroatoms. The van der Waals surface area contributed by atoms with Crippen molar-refractivity contribution in [2.75, 3.05) is 44.7 Å². The minimum Gasteiger partial charge on any atom is -0.488 e. The maximum Gasteiger partial charge on any atom is 0.317 e. The van der Waals surface area contributed by atoms with Crippen LogP contribution in [-0.2, 0) is 0 Å². The van der Waals surface area contributed by atoms with Crippen LogP contribution < -0.4 is 25.0 Å². The van der Waals surface area contributed by atoms with Crippen molar-refractivity contribution < 1.29 is 23.5 Å². The van der Waals surface area contributed by atoms with Gasteiger partial charge in [0, 0.05) is 44.8 Å². The maximum absolute atomic E-state index is 13.6. The summed E-state index contributed by atoms with van der Waals surface area (Å²) >= 11 is 0. The van der Waals surface area contributed by atoms with Gasteiger partial charge < -0.3 is 29.9 Å². The standard InChI is InChI=1S/C31H32FN7O4.C2H6/c1-3-42-29-23(5-4-10-35-29)24-7-9-26(27(37-24)28(40)36-21-15-38(16-21)30(41)34-2)43-22-12-31(13-22)17-39(18-31)25-8-6-20(32)11-19(25)14-33;1-2/h4-11,21-22H,3,12-13,15-18H2,1-2H3,(H,34,41)(H,36,40);1-2H3. The molecule has 1 aliphatic carbocycles. The molecule has 1 saturated carbocycles. The number of urea groups is 1. The van der Waals surface area contributed by atoms with E-state index in [1.54, 1.807) is 42.4 Å². The first-order valence-electron chi connectivity index (χ1n) is 15.3. The number of aromatic nitrogens is 2. The first-order valence-corrected chi connectivity index (χ1v) is 15.3. The maximum atomic E-state index is 13.6. The Morgan fingerprint density at radius 3 is 2.60 bits per heavy atom. The van der Waals surface area contributed by atoms with Gasteiger partial charge in [0.25, 0.3) is 5.91 Å². The van der Waals surface area contributed by atoms with Gasteiger partial charge in [0.15, 0.2) is 11.4 Å². The number of carbonyl (C=O) groups excluding carboxylic acids is 2. The van der Waals surface area contributed by atoms with Crippen molar-refractivity contribution in [1.82, 2.24) is 25.5 Å². The summed E-state index contributed by atoms with van der Waals surface area (Å²) in [5.74, 6) is -0.00358. The lowest BCUT2D eigenvalue weighted by molar-refractivity contribution is -0.0344. The van der Waals surface area contributed by atoms with Gasteiger partial charge in [-0.25, -0.2) is 19.2 Å². The van der Waals surface area contributed by atoms with Gasteiger partial charge in [0.05, 0.1) is 35.2 Å². The first-order chi connectivity index (χ1) is 21.8. The summed E-state index contributed by atoms with van der Waals surface area (Å²) < 4.78 is 25.6. The zero-order chi connectivity index (χ0) is 32.1. The third-order valence-electron chi connectivity index (χ3n) is 8.21. The largest absolute Gasteiger partial charge is 0.488 e. The van der Waals surface area contributed by atoms with Crippen LogP contribution in [0.1, 0.15) is 49.7 Å². The first kappa shape index (κ1) is 31.5. The number of amides is 3. The third-order valence-corrected chi connectivity index (χ3v) is 8.21. The predicted molar refractivity (Wildman–Crippen MR) is 167 cm³/mol. The monoisotopic (exact) mass is 615 g/mol. The molecule has 3 aliphatic rings. The fourth-order valence-electron chi connectivity index (χ4n) is 6.07. The molecule has 45 heavy (non-hydrogen) atoms. The molecule has 2 aliphatic heterocycles. The van der Waals surface area contributed by atoms with Crippen LogP contribution in [0.2, 0.25) is 0 Å². The molecule has 236 valence electrons. The molecule has 3 fully saturated rings. The van der Waals surface area contributed by atoms with Gasteiger partial charge in [-0.15, -0.1) is 0 Å². The lowest BCUT2D eigenvalue weighted by Crippen LogP contribution is -2.65. The number of rotatable bonds is 8. The Labute approximate surface area is 262 Å². The van der Waals surface area contributed by atoms with E-state index >= 15 is 0 Å². The van der Waals surface area contributed by atoms with Crippen LogP contribution in [0.15, 0.2) is 48.7 Å². The number of nitriles is 1. The van der Waals surface area contributed by atoms with E-state index < -0.39 is 5.82 Å². The molecule has 3 amide bonds. The molecular formula is C33H38FN7O4. The van der Waals surface area contributed by atoms with E-state index in [9.17, 15) is 19.2 Å². The minimum atomic E-state index is -0.425. The average Bonchev–Trinajstić information content (AvgIpc) is 3.00. The highest BCUT2D eigenvalue weighted by Gasteiger charge is 2.54. The van der Waals surface area contributed by atoms with Crippen LogP contribution in [0.3, 0.4) is 0 Å². The van der Waals surface area contributed by atoms with Crippen molar-refractivity contribution in [3.63, 3.8) is 0 Å². The minimum absolute atomic E-state index is 0.0545. The molecular weight excluding hydrogens is 577 g/mol. The van der Waals surface area contributed by atoms with E-state index in [0.717, 1.165) is 31.6 Å². The van der Waals surface area contributed by atoms with Crippen LogP contribution in [-0.4, -0.2) is 78.8 Å². The molecule has 2 N–H and O–H groups in total. The van der Waals surface area contributed by atoms with E-state index in [0.29, 0.717) is 48.1 Å². The second kappa shape index (κ2) is 13.4. The normalized spacial score (nSPS) is 16.6. The lowest BCUT2D eigenvalue weighted by Gasteiger charge is -2.59. The molecule has 0 bridgehead atoms. The van der Waals surface area contributed by atoms with Crippen molar-refractivity contribution in [1.29, 1.82) is 5.26 Å². The molecule has 3 aromatic rings. The fraction of sp³-hybridized carbons (Fsp3) is 0.424. The number of hydrogen-bond acceptors (Lipinski definition) is 8. The zero-order valence-electron chi connectivity index (χ0n) is 26.0. The van der Waals surface area contributed by atoms with Crippen molar-refractivity contribution in [3.8, 4) is 29.0 Å². The van der Waals surface area contributed by atoms with Crippen molar-refractivity contribution >= 4 is 17.6 Å². The average molecular weight is 616 g/mol. The summed E-state index contributed by atoms with van der Waals surface area (Å²) in [7, 11) is 1.57. The number of nitrogens with one attached hydrogen (secondary N) is 2. The number of hydrogen-bond donors (Lipinski definition) is 2. The molecule has 6 rings (SSSR count). The molecule has 4 heterocycles. The van der Waals surface area contributed by atoms with E-state index in [1.807, 2.05) is 26.8 Å². The van der Waals surface area contributed by atoms with Gasteiger partial charge in [0.1, 0.15) is 18.0 Å². The SMILES string of the molecule is CC.CCOc1ncccc1-c1ccc(OC2CC3(C2)CN(c2ccc(F)cc2C#N)C3)c(C(=O)NC2CN(C(=O)NC)C2)n1. The van der Waals surface area contributed by atoms with Gasteiger partial charge in [-0.05, 0) is 62.2 Å². The third kappa shape index (κ3) is 6.48. The molecule has 1 aromatic carbocycles. The molecule has 0 unspecified atom stereocenters. The molecule has 1 spiro atoms. The van der Waals surface area contributed by atoms with Crippen LogP contribution in [0, 0.1) is 22.6 Å². The molecule has 0 radical (unpaired) electrons. The van der Waals surface area contributed by atoms with Crippen molar-refractivity contribution in [2.24, 2.45) is 5.41 Å². The topological polar surface area (TPSA) is 133 Å². The summed E-state index contributed by atoms with van der Waals surface area (Å²) in [6.45, 7) is 8.62. The summed E-state index contributed by atoms with van der Waals surface area (Å²) in [5, 5.41) is 15.0. The fourth-order valence-corrected chi connectivity index (χ4v) is 6.07. The smallest absolute Gasteiger partial charge is 0.317 e. The van der Waals surface area contributed by atoms with Crippen LogP contribution in [0.25, 0.3) is 11.3 Å². The number of nitrogens with zero attached hydrogens (tertiary/aromatic N) is 5. The van der Waals surface area contributed by atoms with Gasteiger partial charge in [-0.1, -0.05) is 13.8 Å². The predicted octanol–water partition coefficient (Wildman–Crippen LogP) is 4.38. The number of pyridine rings is 2. The Morgan fingerprint density at radius 1 is 1.16 bits per heavy atom. The van der Waals surface area contributed by atoms with Crippen LogP contribution >= 0.6 is 0 Å². The number of anilines is 1. The number of benzene rings is 1. The second-order valence-electron chi connectivity index (χ2n) is 11.2. The highest BCUT2D eigenvalue weighted by Crippen LogP contribution is 2.51. The Morgan fingerprint density at radius 2 is 1.91 bits per heavy atom. The Bertz CT molecular complexity index is 1590. The highest BCUT2D eigenvalue weighted by molar-refractivity contribution is 5.96. The molecule has 11 nitrogen and oxygen atoms in total. The van der Waals surface area contributed by atoms with Gasteiger partial charge in [0.2, 0.25) is 5.88 Å². The van der Waals surface area contributed by atoms with Crippen molar-refractivity contribution in [3.05, 3.63) is 65.7 Å². The zero-order valence-corrected chi connectivity index (χ0v) is 26.0. The van der Waals surface area contributed by atoms with E-state index in [2.05, 4.69) is 26.6 Å². The van der Waals surface area contributed by atoms with Crippen LogP contribution in [0.4, 0.5) is 14.9 Å². The Kier molecular flexibility index (Phi) is 9.37. The molecule has 2 aromatic heterocycles. The Balaban J connectivity index is 0.00000196. The van der Waals surface area contributed by atoms with Crippen LogP contribution in [0.5, 0.6) is 11.6 Å². The number of halogens is 1. The molecule has 0 atom stereocenters. The van der Waals surface area contributed by atoms with Crippen molar-refractivity contribution in [2.45, 2.75) is 45.8 Å².